The van der Waals surface area contributed by atoms with Crippen molar-refractivity contribution in [1.82, 2.24) is 0 Å². The molecule has 4 rings (SSSR count). The van der Waals surface area contributed by atoms with E-state index in [1.165, 1.54) is 48.7 Å². The molecule has 0 aliphatic carbocycles. The average molecular weight is 468 g/mol. The number of anilines is 1. The van der Waals surface area contributed by atoms with Gasteiger partial charge in [0.1, 0.15) is 17.6 Å². The number of amides is 1. The van der Waals surface area contributed by atoms with Crippen molar-refractivity contribution in [2.24, 2.45) is 0 Å². The fourth-order valence-electron chi connectivity index (χ4n) is 3.93. The second kappa shape index (κ2) is 8.71. The average Bonchev–Trinajstić information content (AvgIpc) is 3.34. The summed E-state index contributed by atoms with van der Waals surface area (Å²) in [6.45, 7) is 3.44. The van der Waals surface area contributed by atoms with E-state index in [0.29, 0.717) is 22.7 Å². The largest absolute Gasteiger partial charge is 0.507 e. The van der Waals surface area contributed by atoms with Crippen LogP contribution >= 0.6 is 11.3 Å². The summed E-state index contributed by atoms with van der Waals surface area (Å²) in [7, 11) is 2.98. The number of ether oxygens (including phenoxy) is 2. The lowest BCUT2D eigenvalue weighted by Gasteiger charge is -2.25. The topological polar surface area (TPSA) is 76.1 Å². The van der Waals surface area contributed by atoms with Crippen molar-refractivity contribution in [2.45, 2.75) is 19.9 Å². The third-order valence-electron chi connectivity index (χ3n) is 5.67. The van der Waals surface area contributed by atoms with E-state index in [4.69, 9.17) is 9.47 Å². The van der Waals surface area contributed by atoms with Crippen LogP contribution in [0.5, 0.6) is 11.5 Å². The highest BCUT2D eigenvalue weighted by atomic mass is 32.1. The molecule has 0 radical (unpaired) electrons. The Morgan fingerprint density at radius 2 is 1.73 bits per heavy atom. The summed E-state index contributed by atoms with van der Waals surface area (Å²) in [5, 5.41) is 13.0. The second-order valence-corrected chi connectivity index (χ2v) is 8.59. The highest BCUT2D eigenvalue weighted by Crippen LogP contribution is 2.46. The number of nitrogens with zero attached hydrogens (tertiary/aromatic N) is 1. The van der Waals surface area contributed by atoms with Crippen molar-refractivity contribution >= 4 is 34.5 Å². The molecule has 1 fully saturated rings. The molecule has 1 unspecified atom stereocenters. The summed E-state index contributed by atoms with van der Waals surface area (Å²) in [6.07, 6.45) is 0. The van der Waals surface area contributed by atoms with Gasteiger partial charge in [0.15, 0.2) is 11.5 Å². The number of aliphatic hydroxyl groups excluding tert-OH is 1. The number of ketones is 1. The summed E-state index contributed by atoms with van der Waals surface area (Å²) in [4.78, 5) is 28.6. The lowest BCUT2D eigenvalue weighted by Crippen LogP contribution is -2.29. The number of thiophene rings is 1. The van der Waals surface area contributed by atoms with E-state index in [2.05, 4.69) is 0 Å². The zero-order chi connectivity index (χ0) is 23.9. The number of methoxy groups -OCH3 is 2. The van der Waals surface area contributed by atoms with E-state index in [1.807, 2.05) is 18.4 Å². The molecule has 0 saturated carbocycles. The van der Waals surface area contributed by atoms with Crippen molar-refractivity contribution in [3.63, 3.8) is 0 Å². The Morgan fingerprint density at radius 3 is 2.33 bits per heavy atom. The summed E-state index contributed by atoms with van der Waals surface area (Å²) < 4.78 is 24.5. The number of carbonyl (C=O) groups is 2. The molecule has 0 spiro atoms. The number of aryl methyl sites for hydroxylation is 2. The monoisotopic (exact) mass is 467 g/mol. The molecule has 1 aliphatic heterocycles. The van der Waals surface area contributed by atoms with E-state index >= 15 is 0 Å². The molecule has 2 aromatic carbocycles. The maximum atomic E-state index is 13.8. The summed E-state index contributed by atoms with van der Waals surface area (Å²) in [5.74, 6) is -1.50. The van der Waals surface area contributed by atoms with Gasteiger partial charge in [0, 0.05) is 22.2 Å². The highest BCUT2D eigenvalue weighted by molar-refractivity contribution is 7.10. The molecule has 1 saturated heterocycles. The molecule has 0 bridgehead atoms. The van der Waals surface area contributed by atoms with Gasteiger partial charge in [-0.1, -0.05) is 0 Å². The van der Waals surface area contributed by atoms with Crippen molar-refractivity contribution in [3.8, 4) is 11.5 Å². The zero-order valence-corrected chi connectivity index (χ0v) is 19.3. The van der Waals surface area contributed by atoms with Gasteiger partial charge in [0.25, 0.3) is 11.7 Å². The van der Waals surface area contributed by atoms with Gasteiger partial charge in [-0.05, 0) is 66.8 Å². The smallest absolute Gasteiger partial charge is 0.300 e. The molecule has 33 heavy (non-hydrogen) atoms. The molecule has 6 nitrogen and oxygen atoms in total. The number of hydrogen-bond donors (Lipinski definition) is 1. The van der Waals surface area contributed by atoms with Crippen LogP contribution in [0.4, 0.5) is 10.1 Å². The SMILES string of the molecule is COc1ccc(N2C(=O)C(=O)/C(=C(\O)c3ccc(F)c(C)c3)C2c2sccc2C)cc1OC. The van der Waals surface area contributed by atoms with E-state index < -0.39 is 23.5 Å². The van der Waals surface area contributed by atoms with Crippen molar-refractivity contribution in [3.05, 3.63) is 80.8 Å². The molecule has 1 aliphatic rings. The summed E-state index contributed by atoms with van der Waals surface area (Å²) in [5.41, 5.74) is 1.82. The van der Waals surface area contributed by atoms with Crippen molar-refractivity contribution in [2.75, 3.05) is 19.1 Å². The number of benzene rings is 2. The first-order valence-electron chi connectivity index (χ1n) is 10.1. The van der Waals surface area contributed by atoms with Crippen LogP contribution in [-0.2, 0) is 9.59 Å². The minimum Gasteiger partial charge on any atom is -0.507 e. The van der Waals surface area contributed by atoms with E-state index in [0.717, 1.165) is 10.4 Å². The minimum atomic E-state index is -0.853. The molecule has 3 aromatic rings. The highest BCUT2D eigenvalue weighted by Gasteiger charge is 2.48. The Kier molecular flexibility index (Phi) is 5.95. The van der Waals surface area contributed by atoms with Crippen LogP contribution in [0.2, 0.25) is 0 Å². The number of Topliss-reactive ketones (excluding diaryl/α,β-unsaturated/α-hetero) is 1. The van der Waals surface area contributed by atoms with E-state index in [9.17, 15) is 19.1 Å². The Bertz CT molecular complexity index is 1300. The number of carbonyl (C=O) groups excluding carboxylic acids is 2. The van der Waals surface area contributed by atoms with Crippen LogP contribution in [0.1, 0.15) is 27.6 Å². The Morgan fingerprint density at radius 1 is 1.00 bits per heavy atom. The predicted molar refractivity (Wildman–Crippen MR) is 125 cm³/mol. The standard InChI is InChI=1S/C25H22FNO5S/c1-13-9-10-33-24(13)21-20(22(28)15-5-7-17(26)14(2)11-15)23(29)25(30)27(21)16-6-8-18(31-3)19(12-16)32-4/h5-12,21,28H,1-4H3/b22-20-. The van der Waals surface area contributed by atoms with Gasteiger partial charge in [0.05, 0.1) is 19.8 Å². The van der Waals surface area contributed by atoms with Gasteiger partial charge in [-0.3, -0.25) is 14.5 Å². The Labute approximate surface area is 194 Å². The van der Waals surface area contributed by atoms with Crippen LogP contribution in [0.3, 0.4) is 0 Å². The number of rotatable bonds is 5. The lowest BCUT2D eigenvalue weighted by molar-refractivity contribution is -0.132. The Balaban J connectivity index is 1.95. The normalized spacial score (nSPS) is 17.5. The third kappa shape index (κ3) is 3.76. The van der Waals surface area contributed by atoms with E-state index in [-0.39, 0.29) is 16.9 Å². The van der Waals surface area contributed by atoms with Gasteiger partial charge in [-0.15, -0.1) is 11.3 Å². The molecule has 1 amide bonds. The van der Waals surface area contributed by atoms with Crippen LogP contribution in [-0.4, -0.2) is 31.0 Å². The quantitative estimate of drug-likeness (QED) is 0.319. The molecular formula is C25H22FNO5S. The van der Waals surface area contributed by atoms with Gasteiger partial charge >= 0.3 is 0 Å². The molecule has 170 valence electrons. The summed E-state index contributed by atoms with van der Waals surface area (Å²) >= 11 is 1.38. The fraction of sp³-hybridized carbons (Fsp3) is 0.200. The zero-order valence-electron chi connectivity index (χ0n) is 18.5. The van der Waals surface area contributed by atoms with Crippen LogP contribution in [0.25, 0.3) is 5.76 Å². The van der Waals surface area contributed by atoms with Crippen LogP contribution < -0.4 is 14.4 Å². The molecule has 1 N–H and O–H groups in total. The van der Waals surface area contributed by atoms with Gasteiger partial charge in [-0.2, -0.15) is 0 Å². The van der Waals surface area contributed by atoms with Crippen LogP contribution in [0, 0.1) is 19.7 Å². The molecule has 1 atom stereocenters. The first kappa shape index (κ1) is 22.5. The number of aliphatic hydroxyl groups is 1. The maximum absolute atomic E-state index is 13.8. The molecule has 1 aromatic heterocycles. The minimum absolute atomic E-state index is 0.0497. The molecular weight excluding hydrogens is 445 g/mol. The number of hydrogen-bond acceptors (Lipinski definition) is 6. The fourth-order valence-corrected chi connectivity index (χ4v) is 4.96. The third-order valence-corrected chi connectivity index (χ3v) is 6.74. The first-order valence-corrected chi connectivity index (χ1v) is 11.0. The first-order chi connectivity index (χ1) is 15.8. The van der Waals surface area contributed by atoms with Gasteiger partial charge in [0.2, 0.25) is 0 Å². The maximum Gasteiger partial charge on any atom is 0.300 e. The van der Waals surface area contributed by atoms with Gasteiger partial charge in [-0.25, -0.2) is 4.39 Å². The van der Waals surface area contributed by atoms with E-state index in [1.54, 1.807) is 25.1 Å². The van der Waals surface area contributed by atoms with Crippen molar-refractivity contribution in [1.29, 1.82) is 0 Å². The molecule has 2 heterocycles. The summed E-state index contributed by atoms with van der Waals surface area (Å²) in [6, 6.07) is 10.0. The Hall–Kier alpha value is -3.65. The van der Waals surface area contributed by atoms with Crippen molar-refractivity contribution < 1.29 is 28.6 Å². The molecule has 8 heteroatoms. The van der Waals surface area contributed by atoms with Gasteiger partial charge < -0.3 is 14.6 Å². The lowest BCUT2D eigenvalue weighted by atomic mass is 9.97. The van der Waals surface area contributed by atoms with Crippen LogP contribution in [0.15, 0.2) is 53.4 Å². The number of halogens is 1. The second-order valence-electron chi connectivity index (χ2n) is 7.64. The predicted octanol–water partition coefficient (Wildman–Crippen LogP) is 5.15.